The van der Waals surface area contributed by atoms with Crippen LogP contribution in [0.15, 0.2) is 42.5 Å². The molecule has 1 amide bonds. The SMILES string of the molecule is C/C=C/CCNC(=O)/C=C/c1ccc([N+](=O)[O-])cc1. The molecule has 0 aliphatic carbocycles. The van der Waals surface area contributed by atoms with Gasteiger partial charge >= 0.3 is 0 Å². The van der Waals surface area contributed by atoms with E-state index in [2.05, 4.69) is 5.32 Å². The molecule has 1 rings (SSSR count). The maximum Gasteiger partial charge on any atom is 0.269 e. The highest BCUT2D eigenvalue weighted by atomic mass is 16.6. The Hall–Kier alpha value is -2.43. The molecule has 5 nitrogen and oxygen atoms in total. The van der Waals surface area contributed by atoms with Crippen LogP contribution in [0, 0.1) is 10.1 Å². The molecule has 0 spiro atoms. The minimum atomic E-state index is -0.457. The molecule has 100 valence electrons. The van der Waals surface area contributed by atoms with Gasteiger partial charge in [0.1, 0.15) is 0 Å². The van der Waals surface area contributed by atoms with Gasteiger partial charge in [0, 0.05) is 24.8 Å². The Kier molecular flexibility index (Phi) is 6.02. The maximum absolute atomic E-state index is 11.4. The first-order valence-corrected chi connectivity index (χ1v) is 5.95. The molecule has 0 saturated carbocycles. The summed E-state index contributed by atoms with van der Waals surface area (Å²) in [5.41, 5.74) is 0.780. The van der Waals surface area contributed by atoms with Gasteiger partial charge < -0.3 is 5.32 Å². The van der Waals surface area contributed by atoms with E-state index in [1.54, 1.807) is 18.2 Å². The quantitative estimate of drug-likeness (QED) is 0.281. The summed E-state index contributed by atoms with van der Waals surface area (Å²) in [6, 6.07) is 6.01. The largest absolute Gasteiger partial charge is 0.352 e. The molecular weight excluding hydrogens is 244 g/mol. The van der Waals surface area contributed by atoms with Crippen LogP contribution < -0.4 is 5.32 Å². The van der Waals surface area contributed by atoms with Crippen LogP contribution in [0.4, 0.5) is 5.69 Å². The van der Waals surface area contributed by atoms with Crippen molar-refractivity contribution in [1.82, 2.24) is 5.32 Å². The number of carbonyl (C=O) groups excluding carboxylic acids is 1. The molecule has 0 aromatic heterocycles. The van der Waals surface area contributed by atoms with Crippen molar-refractivity contribution in [2.45, 2.75) is 13.3 Å². The Labute approximate surface area is 111 Å². The first kappa shape index (κ1) is 14.6. The van der Waals surface area contributed by atoms with Crippen LogP contribution in [0.5, 0.6) is 0 Å². The molecule has 0 atom stereocenters. The topological polar surface area (TPSA) is 72.2 Å². The summed E-state index contributed by atoms with van der Waals surface area (Å²) in [4.78, 5) is 21.4. The normalized spacial score (nSPS) is 11.0. The number of nitro benzene ring substituents is 1. The van der Waals surface area contributed by atoms with E-state index >= 15 is 0 Å². The van der Waals surface area contributed by atoms with Crippen LogP contribution in [-0.2, 0) is 4.79 Å². The Morgan fingerprint density at radius 1 is 1.37 bits per heavy atom. The van der Waals surface area contributed by atoms with E-state index in [4.69, 9.17) is 0 Å². The molecule has 0 heterocycles. The summed E-state index contributed by atoms with van der Waals surface area (Å²) in [6.07, 6.45) is 7.73. The van der Waals surface area contributed by atoms with Gasteiger partial charge in [0.15, 0.2) is 0 Å². The average molecular weight is 260 g/mol. The minimum Gasteiger partial charge on any atom is -0.352 e. The fourth-order valence-electron chi connectivity index (χ4n) is 1.38. The first-order chi connectivity index (χ1) is 9.13. The number of hydrogen-bond acceptors (Lipinski definition) is 3. The Bertz CT molecular complexity index is 490. The Balaban J connectivity index is 2.47. The van der Waals surface area contributed by atoms with Crippen molar-refractivity contribution in [3.05, 3.63) is 58.2 Å². The number of nitrogens with one attached hydrogen (secondary N) is 1. The standard InChI is InChI=1S/C14H16N2O3/c1-2-3-4-11-15-14(17)10-7-12-5-8-13(9-6-12)16(18)19/h2-3,5-10H,4,11H2,1H3,(H,15,17)/b3-2+,10-7+. The van der Waals surface area contributed by atoms with Gasteiger partial charge in [-0.05, 0) is 37.1 Å². The highest BCUT2D eigenvalue weighted by molar-refractivity contribution is 5.91. The molecule has 0 unspecified atom stereocenters. The van der Waals surface area contributed by atoms with Gasteiger partial charge in [-0.1, -0.05) is 12.2 Å². The van der Waals surface area contributed by atoms with Crippen molar-refractivity contribution < 1.29 is 9.72 Å². The second-order valence-corrected chi connectivity index (χ2v) is 3.83. The second kappa shape index (κ2) is 7.81. The zero-order valence-corrected chi connectivity index (χ0v) is 10.7. The number of nitrogens with zero attached hydrogens (tertiary/aromatic N) is 1. The zero-order valence-electron chi connectivity index (χ0n) is 10.7. The number of allylic oxidation sites excluding steroid dienone is 1. The van der Waals surface area contributed by atoms with Crippen LogP contribution in [-0.4, -0.2) is 17.4 Å². The third-order valence-electron chi connectivity index (χ3n) is 2.38. The second-order valence-electron chi connectivity index (χ2n) is 3.83. The lowest BCUT2D eigenvalue weighted by atomic mass is 10.2. The molecule has 0 saturated heterocycles. The molecule has 0 radical (unpaired) electrons. The minimum absolute atomic E-state index is 0.0351. The van der Waals surface area contributed by atoms with Crippen LogP contribution >= 0.6 is 0 Å². The van der Waals surface area contributed by atoms with Gasteiger partial charge in [-0.25, -0.2) is 0 Å². The van der Waals surface area contributed by atoms with Gasteiger partial charge in [-0.2, -0.15) is 0 Å². The van der Waals surface area contributed by atoms with E-state index in [1.807, 2.05) is 19.1 Å². The zero-order chi connectivity index (χ0) is 14.1. The first-order valence-electron chi connectivity index (χ1n) is 5.95. The number of non-ortho nitro benzene ring substituents is 1. The highest BCUT2D eigenvalue weighted by Crippen LogP contribution is 2.12. The van der Waals surface area contributed by atoms with Crippen molar-refractivity contribution in [3.8, 4) is 0 Å². The highest BCUT2D eigenvalue weighted by Gasteiger charge is 2.02. The van der Waals surface area contributed by atoms with Gasteiger partial charge in [-0.15, -0.1) is 0 Å². The molecule has 0 aliphatic heterocycles. The number of amides is 1. The molecule has 0 aliphatic rings. The molecule has 19 heavy (non-hydrogen) atoms. The maximum atomic E-state index is 11.4. The molecule has 1 aromatic carbocycles. The Morgan fingerprint density at radius 3 is 2.63 bits per heavy atom. The molecular formula is C14H16N2O3. The van der Waals surface area contributed by atoms with Crippen LogP contribution in [0.3, 0.4) is 0 Å². The molecule has 1 aromatic rings. The van der Waals surface area contributed by atoms with Crippen molar-refractivity contribution in [2.24, 2.45) is 0 Å². The third kappa shape index (κ3) is 5.63. The van der Waals surface area contributed by atoms with E-state index < -0.39 is 4.92 Å². The fourth-order valence-corrected chi connectivity index (χ4v) is 1.38. The van der Waals surface area contributed by atoms with E-state index in [9.17, 15) is 14.9 Å². The van der Waals surface area contributed by atoms with Gasteiger partial charge in [0.2, 0.25) is 5.91 Å². The lowest BCUT2D eigenvalue weighted by Crippen LogP contribution is -2.21. The summed E-state index contributed by atoms with van der Waals surface area (Å²) in [6.45, 7) is 2.52. The van der Waals surface area contributed by atoms with Crippen LogP contribution in [0.25, 0.3) is 6.08 Å². The lowest BCUT2D eigenvalue weighted by molar-refractivity contribution is -0.384. The van der Waals surface area contributed by atoms with Gasteiger partial charge in [-0.3, -0.25) is 14.9 Å². The summed E-state index contributed by atoms with van der Waals surface area (Å²) in [7, 11) is 0. The molecule has 1 N–H and O–H groups in total. The predicted octanol–water partition coefficient (Wildman–Crippen LogP) is 2.69. The number of carbonyl (C=O) groups is 1. The summed E-state index contributed by atoms with van der Waals surface area (Å²) in [5.74, 6) is -0.178. The number of hydrogen-bond donors (Lipinski definition) is 1. The summed E-state index contributed by atoms with van der Waals surface area (Å²) >= 11 is 0. The van der Waals surface area contributed by atoms with Crippen LogP contribution in [0.2, 0.25) is 0 Å². The Morgan fingerprint density at radius 2 is 2.05 bits per heavy atom. The van der Waals surface area contributed by atoms with Gasteiger partial charge in [0.25, 0.3) is 5.69 Å². The third-order valence-corrected chi connectivity index (χ3v) is 2.38. The monoisotopic (exact) mass is 260 g/mol. The van der Waals surface area contributed by atoms with E-state index in [0.717, 1.165) is 12.0 Å². The number of benzene rings is 1. The molecule has 0 fully saturated rings. The van der Waals surface area contributed by atoms with Gasteiger partial charge in [0.05, 0.1) is 4.92 Å². The van der Waals surface area contributed by atoms with E-state index in [-0.39, 0.29) is 11.6 Å². The molecule has 5 heteroatoms. The number of rotatable bonds is 6. The molecule has 0 bridgehead atoms. The van der Waals surface area contributed by atoms with Crippen LogP contribution in [0.1, 0.15) is 18.9 Å². The predicted molar refractivity (Wildman–Crippen MR) is 74.6 cm³/mol. The number of nitro groups is 1. The van der Waals surface area contributed by atoms with Crippen molar-refractivity contribution >= 4 is 17.7 Å². The van der Waals surface area contributed by atoms with Crippen molar-refractivity contribution in [1.29, 1.82) is 0 Å². The fraction of sp³-hybridized carbons (Fsp3) is 0.214. The van der Waals surface area contributed by atoms with Crippen molar-refractivity contribution in [2.75, 3.05) is 6.54 Å². The average Bonchev–Trinajstić information content (AvgIpc) is 2.42. The van der Waals surface area contributed by atoms with E-state index in [1.165, 1.54) is 18.2 Å². The summed E-state index contributed by atoms with van der Waals surface area (Å²) in [5, 5.41) is 13.2. The lowest BCUT2D eigenvalue weighted by Gasteiger charge is -1.98. The summed E-state index contributed by atoms with van der Waals surface area (Å²) < 4.78 is 0. The van der Waals surface area contributed by atoms with Crippen molar-refractivity contribution in [3.63, 3.8) is 0 Å². The smallest absolute Gasteiger partial charge is 0.269 e. The van der Waals surface area contributed by atoms with E-state index in [0.29, 0.717) is 6.54 Å².